The molecule has 102 valence electrons. The highest BCUT2D eigenvalue weighted by molar-refractivity contribution is 6.29. The first-order valence-corrected chi connectivity index (χ1v) is 6.88. The Balaban J connectivity index is 2.24. The SMILES string of the molecule is CCc1nc(Cl)cc(NCCCCOC(C)C)n1. The topological polar surface area (TPSA) is 47.0 Å². The molecule has 1 N–H and O–H groups in total. The van der Waals surface area contributed by atoms with Crippen molar-refractivity contribution in [3.63, 3.8) is 0 Å². The summed E-state index contributed by atoms with van der Waals surface area (Å²) in [6.45, 7) is 7.79. The van der Waals surface area contributed by atoms with E-state index in [-0.39, 0.29) is 0 Å². The average Bonchev–Trinajstić information content (AvgIpc) is 2.32. The summed E-state index contributed by atoms with van der Waals surface area (Å²) in [7, 11) is 0. The Morgan fingerprint density at radius 1 is 1.33 bits per heavy atom. The summed E-state index contributed by atoms with van der Waals surface area (Å²) in [4.78, 5) is 8.48. The lowest BCUT2D eigenvalue weighted by molar-refractivity contribution is 0.0765. The molecule has 1 rings (SSSR count). The fourth-order valence-corrected chi connectivity index (χ4v) is 1.68. The molecule has 18 heavy (non-hydrogen) atoms. The van der Waals surface area contributed by atoms with E-state index in [1.54, 1.807) is 6.07 Å². The summed E-state index contributed by atoms with van der Waals surface area (Å²) in [5.74, 6) is 1.57. The van der Waals surface area contributed by atoms with Gasteiger partial charge in [0.1, 0.15) is 16.8 Å². The van der Waals surface area contributed by atoms with Crippen molar-refractivity contribution in [2.24, 2.45) is 0 Å². The molecule has 0 radical (unpaired) electrons. The zero-order valence-electron chi connectivity index (χ0n) is 11.4. The van der Waals surface area contributed by atoms with Crippen LogP contribution in [0, 0.1) is 0 Å². The van der Waals surface area contributed by atoms with E-state index < -0.39 is 0 Å². The third-order valence-electron chi connectivity index (χ3n) is 2.39. The summed E-state index contributed by atoms with van der Waals surface area (Å²) >= 11 is 5.92. The molecule has 0 aromatic carbocycles. The molecule has 0 unspecified atom stereocenters. The lowest BCUT2D eigenvalue weighted by Gasteiger charge is -2.09. The number of anilines is 1. The lowest BCUT2D eigenvalue weighted by atomic mass is 10.3. The molecule has 1 heterocycles. The number of rotatable bonds is 8. The monoisotopic (exact) mass is 271 g/mol. The van der Waals surface area contributed by atoms with Crippen LogP contribution in [0.4, 0.5) is 5.82 Å². The quantitative estimate of drug-likeness (QED) is 0.582. The fraction of sp³-hybridized carbons (Fsp3) is 0.692. The molecule has 0 atom stereocenters. The summed E-state index contributed by atoms with van der Waals surface area (Å²) in [5, 5.41) is 3.75. The molecule has 0 fully saturated rings. The van der Waals surface area contributed by atoms with Gasteiger partial charge in [0, 0.05) is 25.6 Å². The maximum absolute atomic E-state index is 5.92. The van der Waals surface area contributed by atoms with E-state index >= 15 is 0 Å². The minimum absolute atomic E-state index is 0.311. The standard InChI is InChI=1S/C13H22ClN3O/c1-4-12-16-11(14)9-13(17-12)15-7-5-6-8-18-10(2)3/h9-10H,4-8H2,1-3H3,(H,15,16,17). The Bertz CT molecular complexity index is 358. The molecular formula is C13H22ClN3O. The minimum atomic E-state index is 0.311. The largest absolute Gasteiger partial charge is 0.379 e. The van der Waals surface area contributed by atoms with Gasteiger partial charge in [-0.2, -0.15) is 0 Å². The normalized spacial score (nSPS) is 10.9. The Hall–Kier alpha value is -0.870. The first-order chi connectivity index (χ1) is 8.61. The van der Waals surface area contributed by atoms with Gasteiger partial charge in [0.15, 0.2) is 0 Å². The van der Waals surface area contributed by atoms with E-state index in [4.69, 9.17) is 16.3 Å². The van der Waals surface area contributed by atoms with Crippen LogP contribution in [-0.4, -0.2) is 29.2 Å². The number of nitrogens with zero attached hydrogens (tertiary/aromatic N) is 2. The Kier molecular flexibility index (Phi) is 6.98. The van der Waals surface area contributed by atoms with Gasteiger partial charge in [0.05, 0.1) is 6.10 Å². The summed E-state index contributed by atoms with van der Waals surface area (Å²) in [6.07, 6.45) is 3.20. The van der Waals surface area contributed by atoms with Crippen molar-refractivity contribution in [1.29, 1.82) is 0 Å². The lowest BCUT2D eigenvalue weighted by Crippen LogP contribution is -2.08. The number of aryl methyl sites for hydroxylation is 1. The number of halogens is 1. The van der Waals surface area contributed by atoms with E-state index in [1.165, 1.54) is 0 Å². The average molecular weight is 272 g/mol. The molecule has 0 aliphatic rings. The van der Waals surface area contributed by atoms with Crippen molar-refractivity contribution in [2.75, 3.05) is 18.5 Å². The molecular weight excluding hydrogens is 250 g/mol. The van der Waals surface area contributed by atoms with Crippen LogP contribution in [0.2, 0.25) is 5.15 Å². The van der Waals surface area contributed by atoms with Crippen LogP contribution >= 0.6 is 11.6 Å². The van der Waals surface area contributed by atoms with Crippen molar-refractivity contribution in [3.05, 3.63) is 17.0 Å². The number of ether oxygens (including phenoxy) is 1. The summed E-state index contributed by atoms with van der Waals surface area (Å²) in [6, 6.07) is 1.76. The maximum atomic E-state index is 5.92. The van der Waals surface area contributed by atoms with Crippen molar-refractivity contribution in [1.82, 2.24) is 9.97 Å². The van der Waals surface area contributed by atoms with E-state index in [0.29, 0.717) is 11.3 Å². The van der Waals surface area contributed by atoms with Crippen LogP contribution in [0.1, 0.15) is 39.4 Å². The van der Waals surface area contributed by atoms with Gasteiger partial charge in [0.2, 0.25) is 0 Å². The van der Waals surface area contributed by atoms with Crippen LogP contribution in [-0.2, 0) is 11.2 Å². The smallest absolute Gasteiger partial charge is 0.134 e. The Labute approximate surface area is 114 Å². The predicted octanol–water partition coefficient (Wildman–Crippen LogP) is 3.31. The molecule has 0 aliphatic heterocycles. The number of aromatic nitrogens is 2. The van der Waals surface area contributed by atoms with Gasteiger partial charge >= 0.3 is 0 Å². The van der Waals surface area contributed by atoms with E-state index in [9.17, 15) is 0 Å². The third kappa shape index (κ3) is 6.17. The van der Waals surface area contributed by atoms with Crippen LogP contribution in [0.15, 0.2) is 6.07 Å². The van der Waals surface area contributed by atoms with Crippen molar-refractivity contribution in [3.8, 4) is 0 Å². The van der Waals surface area contributed by atoms with E-state index in [1.807, 2.05) is 20.8 Å². The molecule has 1 aromatic heterocycles. The van der Waals surface area contributed by atoms with Crippen molar-refractivity contribution < 1.29 is 4.74 Å². The van der Waals surface area contributed by atoms with Crippen molar-refractivity contribution >= 4 is 17.4 Å². The molecule has 0 amide bonds. The summed E-state index contributed by atoms with van der Waals surface area (Å²) < 4.78 is 5.48. The van der Waals surface area contributed by atoms with Crippen LogP contribution in [0.3, 0.4) is 0 Å². The van der Waals surface area contributed by atoms with Gasteiger partial charge in [0.25, 0.3) is 0 Å². The second kappa shape index (κ2) is 8.27. The van der Waals surface area contributed by atoms with Crippen LogP contribution in [0.25, 0.3) is 0 Å². The van der Waals surface area contributed by atoms with Crippen LogP contribution in [0.5, 0.6) is 0 Å². The molecule has 4 nitrogen and oxygen atoms in total. The van der Waals surface area contributed by atoms with E-state index in [2.05, 4.69) is 15.3 Å². The number of hydrogen-bond acceptors (Lipinski definition) is 4. The maximum Gasteiger partial charge on any atom is 0.134 e. The molecule has 0 saturated carbocycles. The Morgan fingerprint density at radius 3 is 2.78 bits per heavy atom. The highest BCUT2D eigenvalue weighted by Gasteiger charge is 2.01. The third-order valence-corrected chi connectivity index (χ3v) is 2.58. The second-order valence-corrected chi connectivity index (χ2v) is 4.79. The molecule has 5 heteroatoms. The zero-order chi connectivity index (χ0) is 13.4. The van der Waals surface area contributed by atoms with Crippen molar-refractivity contribution in [2.45, 2.75) is 46.1 Å². The highest BCUT2D eigenvalue weighted by Crippen LogP contribution is 2.12. The van der Waals surface area contributed by atoms with Gasteiger partial charge in [-0.3, -0.25) is 0 Å². The minimum Gasteiger partial charge on any atom is -0.379 e. The predicted molar refractivity (Wildman–Crippen MR) is 75.2 cm³/mol. The van der Waals surface area contributed by atoms with Gasteiger partial charge in [-0.25, -0.2) is 9.97 Å². The highest BCUT2D eigenvalue weighted by atomic mass is 35.5. The Morgan fingerprint density at radius 2 is 2.11 bits per heavy atom. The summed E-state index contributed by atoms with van der Waals surface area (Å²) in [5.41, 5.74) is 0. The van der Waals surface area contributed by atoms with Gasteiger partial charge in [-0.05, 0) is 26.7 Å². The molecule has 0 saturated heterocycles. The van der Waals surface area contributed by atoms with Crippen LogP contribution < -0.4 is 5.32 Å². The fourth-order valence-electron chi connectivity index (χ4n) is 1.48. The molecule has 1 aromatic rings. The zero-order valence-corrected chi connectivity index (χ0v) is 12.1. The van der Waals surface area contributed by atoms with E-state index in [0.717, 1.165) is 44.1 Å². The first kappa shape index (κ1) is 15.2. The number of hydrogen-bond donors (Lipinski definition) is 1. The van der Waals surface area contributed by atoms with Gasteiger partial charge in [-0.15, -0.1) is 0 Å². The first-order valence-electron chi connectivity index (χ1n) is 6.50. The second-order valence-electron chi connectivity index (χ2n) is 4.40. The molecule has 0 bridgehead atoms. The number of nitrogens with one attached hydrogen (secondary N) is 1. The van der Waals surface area contributed by atoms with Gasteiger partial charge in [-0.1, -0.05) is 18.5 Å². The molecule has 0 aliphatic carbocycles. The number of unbranched alkanes of at least 4 members (excludes halogenated alkanes) is 1. The van der Waals surface area contributed by atoms with Gasteiger partial charge < -0.3 is 10.1 Å². The molecule has 0 spiro atoms.